The van der Waals surface area contributed by atoms with Gasteiger partial charge in [-0.1, -0.05) is 0 Å². The zero-order valence-corrected chi connectivity index (χ0v) is 13.9. The van der Waals surface area contributed by atoms with E-state index in [-0.39, 0.29) is 24.3 Å². The van der Waals surface area contributed by atoms with Crippen molar-refractivity contribution in [2.24, 2.45) is 5.73 Å². The molecule has 23 heavy (non-hydrogen) atoms. The molecule has 0 radical (unpaired) electrons. The number of carbonyl (C=O) groups excluding carboxylic acids is 2. The van der Waals surface area contributed by atoms with Crippen molar-refractivity contribution < 1.29 is 18.7 Å². The second-order valence-electron chi connectivity index (χ2n) is 5.64. The number of hydrogen-bond acceptors (Lipinski definition) is 4. The zero-order chi connectivity index (χ0) is 17.1. The van der Waals surface area contributed by atoms with E-state index in [1.807, 2.05) is 33.8 Å². The molecule has 0 aliphatic carbocycles. The third kappa shape index (κ3) is 3.47. The first-order valence-electron chi connectivity index (χ1n) is 7.60. The van der Waals surface area contributed by atoms with Crippen LogP contribution in [0.5, 0.6) is 5.75 Å². The number of ether oxygens (including phenoxy) is 1. The van der Waals surface area contributed by atoms with Crippen molar-refractivity contribution in [1.82, 2.24) is 4.90 Å². The third-order valence-corrected chi connectivity index (χ3v) is 3.62. The van der Waals surface area contributed by atoms with Gasteiger partial charge in [-0.05, 0) is 45.9 Å². The molecule has 0 aliphatic heterocycles. The number of fused-ring (bicyclic) bond motifs is 1. The molecule has 0 bridgehead atoms. The molecular weight excluding hydrogens is 296 g/mol. The first-order valence-corrected chi connectivity index (χ1v) is 7.60. The van der Waals surface area contributed by atoms with Crippen LogP contribution in [-0.2, 0) is 4.79 Å². The second kappa shape index (κ2) is 6.73. The molecular formula is C17H22N2O4. The van der Waals surface area contributed by atoms with Crippen LogP contribution in [0.2, 0.25) is 0 Å². The summed E-state index contributed by atoms with van der Waals surface area (Å²) >= 11 is 0. The van der Waals surface area contributed by atoms with Crippen LogP contribution in [0, 0.1) is 6.92 Å². The fraction of sp³-hybridized carbons (Fsp3) is 0.412. The number of rotatable bonds is 6. The van der Waals surface area contributed by atoms with Gasteiger partial charge in [-0.2, -0.15) is 0 Å². The topological polar surface area (TPSA) is 85.8 Å². The monoisotopic (exact) mass is 318 g/mol. The van der Waals surface area contributed by atoms with Crippen molar-refractivity contribution in [3.05, 3.63) is 29.5 Å². The van der Waals surface area contributed by atoms with Gasteiger partial charge in [-0.25, -0.2) is 0 Å². The minimum atomic E-state index is -0.556. The molecule has 2 aromatic rings. The third-order valence-electron chi connectivity index (χ3n) is 3.62. The molecule has 1 heterocycles. The lowest BCUT2D eigenvalue weighted by Crippen LogP contribution is -2.42. The van der Waals surface area contributed by atoms with Gasteiger partial charge in [0.05, 0.1) is 13.2 Å². The molecule has 0 fully saturated rings. The van der Waals surface area contributed by atoms with E-state index in [4.69, 9.17) is 14.9 Å². The number of aryl methyl sites for hydroxylation is 1. The van der Waals surface area contributed by atoms with E-state index in [2.05, 4.69) is 0 Å². The molecule has 0 saturated carbocycles. The summed E-state index contributed by atoms with van der Waals surface area (Å²) in [6.45, 7) is 7.80. The second-order valence-corrected chi connectivity index (χ2v) is 5.64. The standard InChI is InChI=1S/C17H22N2O4/c1-5-22-12-6-7-14-13(8-12)11(4)16(23-14)17(21)19(10(2)3)9-15(18)20/h6-8,10H,5,9H2,1-4H3,(H2,18,20). The summed E-state index contributed by atoms with van der Waals surface area (Å²) in [5.41, 5.74) is 6.57. The van der Waals surface area contributed by atoms with Crippen molar-refractivity contribution in [2.75, 3.05) is 13.2 Å². The molecule has 0 aliphatic rings. The number of carbonyl (C=O) groups is 2. The highest BCUT2D eigenvalue weighted by Gasteiger charge is 2.26. The van der Waals surface area contributed by atoms with Crippen LogP contribution in [0.3, 0.4) is 0 Å². The molecule has 2 N–H and O–H groups in total. The molecule has 124 valence electrons. The molecule has 6 heteroatoms. The van der Waals surface area contributed by atoms with E-state index >= 15 is 0 Å². The Balaban J connectivity index is 2.43. The maximum Gasteiger partial charge on any atom is 0.290 e. The van der Waals surface area contributed by atoms with Crippen LogP contribution >= 0.6 is 0 Å². The van der Waals surface area contributed by atoms with E-state index in [0.717, 1.165) is 16.7 Å². The van der Waals surface area contributed by atoms with Crippen LogP contribution in [0.15, 0.2) is 22.6 Å². The molecule has 0 unspecified atom stereocenters. The normalized spacial score (nSPS) is 11.0. The van der Waals surface area contributed by atoms with Crippen LogP contribution in [0.25, 0.3) is 11.0 Å². The molecule has 6 nitrogen and oxygen atoms in total. The SMILES string of the molecule is CCOc1ccc2oc(C(=O)N(CC(N)=O)C(C)C)c(C)c2c1. The van der Waals surface area contributed by atoms with Gasteiger partial charge in [0.2, 0.25) is 5.91 Å². The Kier molecular flexibility index (Phi) is 4.93. The number of furan rings is 1. The van der Waals surface area contributed by atoms with Crippen molar-refractivity contribution in [3.8, 4) is 5.75 Å². The van der Waals surface area contributed by atoms with Crippen LogP contribution in [0.1, 0.15) is 36.9 Å². The minimum absolute atomic E-state index is 0.142. The number of nitrogens with zero attached hydrogens (tertiary/aromatic N) is 1. The van der Waals surface area contributed by atoms with Crippen molar-refractivity contribution in [1.29, 1.82) is 0 Å². The van der Waals surface area contributed by atoms with Gasteiger partial charge < -0.3 is 19.8 Å². The quantitative estimate of drug-likeness (QED) is 0.886. The Labute approximate surface area is 135 Å². The lowest BCUT2D eigenvalue weighted by Gasteiger charge is -2.24. The van der Waals surface area contributed by atoms with Gasteiger partial charge in [0.1, 0.15) is 11.3 Å². The molecule has 2 rings (SSSR count). The minimum Gasteiger partial charge on any atom is -0.494 e. The van der Waals surface area contributed by atoms with Crippen molar-refractivity contribution >= 4 is 22.8 Å². The summed E-state index contributed by atoms with van der Waals surface area (Å²) in [5.74, 6) is 0.0502. The summed E-state index contributed by atoms with van der Waals surface area (Å²) in [6, 6.07) is 5.26. The Morgan fingerprint density at radius 1 is 1.35 bits per heavy atom. The van der Waals surface area contributed by atoms with Crippen LogP contribution < -0.4 is 10.5 Å². The average molecular weight is 318 g/mol. The molecule has 1 aromatic carbocycles. The number of nitrogens with two attached hydrogens (primary N) is 1. The molecule has 1 aromatic heterocycles. The van der Waals surface area contributed by atoms with Crippen molar-refractivity contribution in [2.45, 2.75) is 33.7 Å². The van der Waals surface area contributed by atoms with Gasteiger partial charge >= 0.3 is 0 Å². The average Bonchev–Trinajstić information content (AvgIpc) is 2.81. The van der Waals surface area contributed by atoms with Gasteiger partial charge in [0.15, 0.2) is 5.76 Å². The van der Waals surface area contributed by atoms with Gasteiger partial charge in [-0.3, -0.25) is 9.59 Å². The maximum atomic E-state index is 12.7. The van der Waals surface area contributed by atoms with E-state index in [0.29, 0.717) is 12.2 Å². The van der Waals surface area contributed by atoms with E-state index in [9.17, 15) is 9.59 Å². The predicted octanol–water partition coefficient (Wildman–Crippen LogP) is 2.48. The van der Waals surface area contributed by atoms with E-state index < -0.39 is 5.91 Å². The fourth-order valence-corrected chi connectivity index (χ4v) is 2.45. The number of primary amides is 1. The first kappa shape index (κ1) is 16.9. The number of benzene rings is 1. The summed E-state index contributed by atoms with van der Waals surface area (Å²) in [6.07, 6.45) is 0. The predicted molar refractivity (Wildman–Crippen MR) is 87.5 cm³/mol. The molecule has 0 atom stereocenters. The molecule has 0 spiro atoms. The maximum absolute atomic E-state index is 12.7. The highest BCUT2D eigenvalue weighted by molar-refractivity contribution is 6.00. The van der Waals surface area contributed by atoms with Gasteiger partial charge in [0.25, 0.3) is 5.91 Å². The molecule has 0 saturated heterocycles. The highest BCUT2D eigenvalue weighted by Crippen LogP contribution is 2.29. The highest BCUT2D eigenvalue weighted by atomic mass is 16.5. The van der Waals surface area contributed by atoms with E-state index in [1.165, 1.54) is 4.90 Å². The smallest absolute Gasteiger partial charge is 0.290 e. The number of hydrogen-bond donors (Lipinski definition) is 1. The largest absolute Gasteiger partial charge is 0.494 e. The molecule has 2 amide bonds. The summed E-state index contributed by atoms with van der Waals surface area (Å²) in [4.78, 5) is 25.3. The van der Waals surface area contributed by atoms with Gasteiger partial charge in [0, 0.05) is 17.0 Å². The summed E-state index contributed by atoms with van der Waals surface area (Å²) in [7, 11) is 0. The lowest BCUT2D eigenvalue weighted by atomic mass is 10.1. The van der Waals surface area contributed by atoms with Crippen LogP contribution in [0.4, 0.5) is 0 Å². The Bertz CT molecular complexity index is 734. The van der Waals surface area contributed by atoms with Gasteiger partial charge in [-0.15, -0.1) is 0 Å². The summed E-state index contributed by atoms with van der Waals surface area (Å²) < 4.78 is 11.2. The Morgan fingerprint density at radius 3 is 2.61 bits per heavy atom. The van der Waals surface area contributed by atoms with E-state index in [1.54, 1.807) is 12.1 Å². The lowest BCUT2D eigenvalue weighted by molar-refractivity contribution is -0.119. The zero-order valence-electron chi connectivity index (χ0n) is 13.9. The summed E-state index contributed by atoms with van der Waals surface area (Å²) in [5, 5.41) is 0.821. The fourth-order valence-electron chi connectivity index (χ4n) is 2.45. The Hall–Kier alpha value is -2.50. The van der Waals surface area contributed by atoms with Crippen molar-refractivity contribution in [3.63, 3.8) is 0 Å². The van der Waals surface area contributed by atoms with Crippen LogP contribution in [-0.4, -0.2) is 35.9 Å². The Morgan fingerprint density at radius 2 is 2.04 bits per heavy atom. The number of amides is 2. The first-order chi connectivity index (χ1) is 10.8.